The first-order valence-electron chi connectivity index (χ1n) is 7.30. The summed E-state index contributed by atoms with van der Waals surface area (Å²) in [6.07, 6.45) is 2.95. The van der Waals surface area contributed by atoms with E-state index in [9.17, 15) is 9.90 Å². The Morgan fingerprint density at radius 3 is 3.00 bits per heavy atom. The summed E-state index contributed by atoms with van der Waals surface area (Å²) in [6.45, 7) is 4.07. The fourth-order valence-electron chi connectivity index (χ4n) is 3.04. The minimum absolute atomic E-state index is 0.101. The van der Waals surface area contributed by atoms with Crippen molar-refractivity contribution in [3.8, 4) is 0 Å². The van der Waals surface area contributed by atoms with Gasteiger partial charge in [-0.15, -0.1) is 11.8 Å². The first kappa shape index (κ1) is 14.9. The monoisotopic (exact) mass is 308 g/mol. The van der Waals surface area contributed by atoms with Gasteiger partial charge in [-0.05, 0) is 37.5 Å². The highest BCUT2D eigenvalue weighted by Crippen LogP contribution is 2.40. The van der Waals surface area contributed by atoms with Crippen molar-refractivity contribution in [2.45, 2.75) is 41.9 Å². The molecular weight excluding hydrogens is 288 g/mol. The van der Waals surface area contributed by atoms with E-state index in [0.29, 0.717) is 17.4 Å². The maximum absolute atomic E-state index is 11.2. The number of carboxylic acids is 1. The van der Waals surface area contributed by atoms with Crippen LogP contribution in [0.5, 0.6) is 0 Å². The minimum atomic E-state index is -0.859. The van der Waals surface area contributed by atoms with Gasteiger partial charge in [0.15, 0.2) is 0 Å². The van der Waals surface area contributed by atoms with Gasteiger partial charge in [0.25, 0.3) is 0 Å². The fraction of sp³-hybridized carbons (Fsp3) is 0.562. The molecule has 2 aliphatic heterocycles. The molecule has 1 aromatic carbocycles. The van der Waals surface area contributed by atoms with Gasteiger partial charge in [-0.2, -0.15) is 0 Å². The molecule has 2 fully saturated rings. The van der Waals surface area contributed by atoms with Crippen molar-refractivity contribution in [3.05, 3.63) is 29.3 Å². The summed E-state index contributed by atoms with van der Waals surface area (Å²) in [5.41, 5.74) is 1.10. The molecule has 0 radical (unpaired) electrons. The molecule has 3 rings (SSSR count). The average molecular weight is 308 g/mol. The predicted octanol–water partition coefficient (Wildman–Crippen LogP) is 3.12. The van der Waals surface area contributed by atoms with Crippen LogP contribution in [0.15, 0.2) is 23.1 Å². The zero-order valence-electron chi connectivity index (χ0n) is 12.1. The van der Waals surface area contributed by atoms with Crippen molar-refractivity contribution in [1.82, 2.24) is 0 Å². The Hall–Kier alpha value is -1.04. The first-order valence-corrected chi connectivity index (χ1v) is 8.18. The van der Waals surface area contributed by atoms with Crippen LogP contribution >= 0.6 is 11.8 Å². The third kappa shape index (κ3) is 3.25. The van der Waals surface area contributed by atoms with Crippen LogP contribution in [0.2, 0.25) is 0 Å². The summed E-state index contributed by atoms with van der Waals surface area (Å²) in [5, 5.41) is 9.68. The molecule has 1 spiro atoms. The smallest absolute Gasteiger partial charge is 0.335 e. The lowest BCUT2D eigenvalue weighted by molar-refractivity contribution is -0.0769. The Morgan fingerprint density at radius 1 is 1.43 bits per heavy atom. The third-order valence-corrected chi connectivity index (χ3v) is 5.52. The number of ether oxygens (including phenoxy) is 2. The van der Waals surface area contributed by atoms with Gasteiger partial charge in [0.05, 0.1) is 17.8 Å². The van der Waals surface area contributed by atoms with E-state index in [2.05, 4.69) is 0 Å². The van der Waals surface area contributed by atoms with Gasteiger partial charge in [0, 0.05) is 29.8 Å². The van der Waals surface area contributed by atoms with Crippen molar-refractivity contribution in [3.63, 3.8) is 0 Å². The van der Waals surface area contributed by atoms with E-state index in [0.717, 1.165) is 42.9 Å². The second-order valence-electron chi connectivity index (χ2n) is 5.85. The van der Waals surface area contributed by atoms with Gasteiger partial charge in [-0.25, -0.2) is 4.79 Å². The van der Waals surface area contributed by atoms with Gasteiger partial charge in [-0.1, -0.05) is 6.07 Å². The highest BCUT2D eigenvalue weighted by Gasteiger charge is 2.41. The number of aromatic carboxylic acids is 1. The van der Waals surface area contributed by atoms with Crippen molar-refractivity contribution in [1.29, 1.82) is 0 Å². The Labute approximate surface area is 128 Å². The largest absolute Gasteiger partial charge is 0.478 e. The SMILES string of the molecule is Cc1ccc(SC2CCOC3(CCOC3)C2)cc1C(=O)O. The molecule has 4 nitrogen and oxygen atoms in total. The quantitative estimate of drug-likeness (QED) is 0.930. The third-order valence-electron chi connectivity index (χ3n) is 4.26. The van der Waals surface area contributed by atoms with Crippen LogP contribution in [0.4, 0.5) is 0 Å². The number of carboxylic acid groups (broad SMARTS) is 1. The van der Waals surface area contributed by atoms with E-state index in [4.69, 9.17) is 9.47 Å². The van der Waals surface area contributed by atoms with Gasteiger partial charge in [0.2, 0.25) is 0 Å². The van der Waals surface area contributed by atoms with Crippen LogP contribution < -0.4 is 0 Å². The lowest BCUT2D eigenvalue weighted by Crippen LogP contribution is -2.41. The second kappa shape index (κ2) is 5.99. The van der Waals surface area contributed by atoms with E-state index in [1.165, 1.54) is 0 Å². The molecule has 0 aliphatic carbocycles. The molecule has 2 aliphatic rings. The first-order chi connectivity index (χ1) is 10.1. The summed E-state index contributed by atoms with van der Waals surface area (Å²) in [7, 11) is 0. The highest BCUT2D eigenvalue weighted by atomic mass is 32.2. The van der Waals surface area contributed by atoms with Gasteiger partial charge in [0.1, 0.15) is 0 Å². The number of aryl methyl sites for hydroxylation is 1. The fourth-order valence-corrected chi connectivity index (χ4v) is 4.36. The summed E-state index contributed by atoms with van der Waals surface area (Å²) < 4.78 is 11.4. The molecule has 0 bridgehead atoms. The normalized spacial score (nSPS) is 28.9. The molecule has 114 valence electrons. The van der Waals surface area contributed by atoms with E-state index in [1.54, 1.807) is 17.8 Å². The Kier molecular flexibility index (Phi) is 4.24. The summed E-state index contributed by atoms with van der Waals surface area (Å²) in [4.78, 5) is 12.3. The van der Waals surface area contributed by atoms with Crippen molar-refractivity contribution in [2.24, 2.45) is 0 Å². The van der Waals surface area contributed by atoms with E-state index >= 15 is 0 Å². The Bertz CT molecular complexity index is 537. The number of hydrogen-bond donors (Lipinski definition) is 1. The molecule has 5 heteroatoms. The van der Waals surface area contributed by atoms with Gasteiger partial charge >= 0.3 is 5.97 Å². The van der Waals surface area contributed by atoms with E-state index < -0.39 is 5.97 Å². The Morgan fingerprint density at radius 2 is 2.29 bits per heavy atom. The average Bonchev–Trinajstić information content (AvgIpc) is 2.88. The maximum Gasteiger partial charge on any atom is 0.335 e. The number of thioether (sulfide) groups is 1. The lowest BCUT2D eigenvalue weighted by atomic mass is 9.93. The molecule has 0 aromatic heterocycles. The van der Waals surface area contributed by atoms with Crippen LogP contribution in [-0.2, 0) is 9.47 Å². The molecule has 2 unspecified atom stereocenters. The summed E-state index contributed by atoms with van der Waals surface area (Å²) in [6, 6.07) is 5.69. The molecule has 2 heterocycles. The molecule has 1 aromatic rings. The Balaban J connectivity index is 1.71. The van der Waals surface area contributed by atoms with Crippen molar-refractivity contribution >= 4 is 17.7 Å². The number of benzene rings is 1. The van der Waals surface area contributed by atoms with Crippen LogP contribution in [0.1, 0.15) is 35.2 Å². The number of rotatable bonds is 3. The number of carbonyl (C=O) groups is 1. The van der Waals surface area contributed by atoms with E-state index in [-0.39, 0.29) is 5.60 Å². The number of hydrogen-bond acceptors (Lipinski definition) is 4. The second-order valence-corrected chi connectivity index (χ2v) is 7.22. The van der Waals surface area contributed by atoms with Gasteiger partial charge in [-0.3, -0.25) is 0 Å². The summed E-state index contributed by atoms with van der Waals surface area (Å²) in [5.74, 6) is -0.859. The van der Waals surface area contributed by atoms with Crippen LogP contribution in [0.25, 0.3) is 0 Å². The topological polar surface area (TPSA) is 55.8 Å². The lowest BCUT2D eigenvalue weighted by Gasteiger charge is -2.36. The van der Waals surface area contributed by atoms with Gasteiger partial charge < -0.3 is 14.6 Å². The van der Waals surface area contributed by atoms with Crippen LogP contribution in [0.3, 0.4) is 0 Å². The molecule has 2 saturated heterocycles. The van der Waals surface area contributed by atoms with Crippen LogP contribution in [-0.4, -0.2) is 41.7 Å². The summed E-state index contributed by atoms with van der Waals surface area (Å²) >= 11 is 1.77. The molecule has 0 saturated carbocycles. The van der Waals surface area contributed by atoms with Crippen LogP contribution in [0, 0.1) is 6.92 Å². The molecular formula is C16H20O4S. The van der Waals surface area contributed by atoms with Crippen molar-refractivity contribution < 1.29 is 19.4 Å². The maximum atomic E-state index is 11.2. The minimum Gasteiger partial charge on any atom is -0.478 e. The van der Waals surface area contributed by atoms with Crippen molar-refractivity contribution in [2.75, 3.05) is 19.8 Å². The zero-order valence-corrected chi connectivity index (χ0v) is 12.9. The molecule has 2 atom stereocenters. The highest BCUT2D eigenvalue weighted by molar-refractivity contribution is 8.00. The molecule has 1 N–H and O–H groups in total. The standard InChI is InChI=1S/C16H20O4S/c1-11-2-3-12(8-14(11)15(17)18)21-13-4-6-20-16(9-13)5-7-19-10-16/h2-3,8,13H,4-7,9-10H2,1H3,(H,17,18). The molecule has 21 heavy (non-hydrogen) atoms. The zero-order chi connectivity index (χ0) is 14.9. The molecule has 0 amide bonds. The predicted molar refractivity (Wildman–Crippen MR) is 81.1 cm³/mol. The van der Waals surface area contributed by atoms with E-state index in [1.807, 2.05) is 19.1 Å².